The molecule has 1 rings (SSSR count). The van der Waals surface area contributed by atoms with Crippen LogP contribution in [0.25, 0.3) is 0 Å². The van der Waals surface area contributed by atoms with Crippen LogP contribution in [0.4, 0.5) is 0 Å². The van der Waals surface area contributed by atoms with Crippen molar-refractivity contribution in [1.82, 2.24) is 5.32 Å². The Balaban J connectivity index is 2.48. The van der Waals surface area contributed by atoms with E-state index in [2.05, 4.69) is 5.32 Å². The van der Waals surface area contributed by atoms with Crippen molar-refractivity contribution in [2.45, 2.75) is 25.9 Å². The van der Waals surface area contributed by atoms with Gasteiger partial charge >= 0.3 is 0 Å². The largest absolute Gasteiger partial charge is 0.496 e. The number of methoxy groups -OCH3 is 1. The zero-order chi connectivity index (χ0) is 12.0. The zero-order valence-electron chi connectivity index (χ0n) is 9.79. The van der Waals surface area contributed by atoms with Crippen LogP contribution >= 0.6 is 11.6 Å². The first-order valence-electron chi connectivity index (χ1n) is 5.42. The lowest BCUT2D eigenvalue weighted by atomic mass is 10.2. The summed E-state index contributed by atoms with van der Waals surface area (Å²) >= 11 is 5.93. The standard InChI is InChI=1S/C12H19ClN2O/c1-9(14)5-6-15-8-10-7-11(13)3-4-12(10)16-2/h3-4,7,9,15H,5-6,8,14H2,1-2H3. The van der Waals surface area contributed by atoms with Gasteiger partial charge in [0, 0.05) is 23.2 Å². The number of benzene rings is 1. The summed E-state index contributed by atoms with van der Waals surface area (Å²) in [4.78, 5) is 0. The van der Waals surface area contributed by atoms with E-state index in [1.165, 1.54) is 0 Å². The third kappa shape index (κ3) is 4.39. The number of hydrogen-bond acceptors (Lipinski definition) is 3. The fourth-order valence-electron chi connectivity index (χ4n) is 1.44. The molecule has 0 bridgehead atoms. The van der Waals surface area contributed by atoms with E-state index in [1.54, 1.807) is 7.11 Å². The van der Waals surface area contributed by atoms with Crippen LogP contribution in [0.5, 0.6) is 5.75 Å². The Hall–Kier alpha value is -0.770. The SMILES string of the molecule is COc1ccc(Cl)cc1CNCCC(C)N. The fraction of sp³-hybridized carbons (Fsp3) is 0.500. The van der Waals surface area contributed by atoms with E-state index in [9.17, 15) is 0 Å². The monoisotopic (exact) mass is 242 g/mol. The summed E-state index contributed by atoms with van der Waals surface area (Å²) < 4.78 is 5.26. The highest BCUT2D eigenvalue weighted by atomic mass is 35.5. The molecule has 0 aliphatic rings. The quantitative estimate of drug-likeness (QED) is 0.752. The van der Waals surface area contributed by atoms with E-state index >= 15 is 0 Å². The molecule has 0 spiro atoms. The van der Waals surface area contributed by atoms with E-state index in [4.69, 9.17) is 22.1 Å². The van der Waals surface area contributed by atoms with Gasteiger partial charge < -0.3 is 15.8 Å². The molecular weight excluding hydrogens is 224 g/mol. The molecule has 0 radical (unpaired) electrons. The Morgan fingerprint density at radius 3 is 2.88 bits per heavy atom. The molecule has 0 aliphatic carbocycles. The summed E-state index contributed by atoms with van der Waals surface area (Å²) in [5, 5.41) is 4.04. The van der Waals surface area contributed by atoms with Crippen LogP contribution in [-0.4, -0.2) is 19.7 Å². The molecule has 1 atom stereocenters. The van der Waals surface area contributed by atoms with Crippen LogP contribution in [0.2, 0.25) is 5.02 Å². The van der Waals surface area contributed by atoms with Gasteiger partial charge in [-0.1, -0.05) is 11.6 Å². The molecule has 3 N–H and O–H groups in total. The summed E-state index contributed by atoms with van der Waals surface area (Å²) in [5.41, 5.74) is 6.74. The molecule has 0 saturated heterocycles. The van der Waals surface area contributed by atoms with Gasteiger partial charge in [-0.25, -0.2) is 0 Å². The van der Waals surface area contributed by atoms with Crippen molar-refractivity contribution in [1.29, 1.82) is 0 Å². The molecule has 1 aromatic rings. The highest BCUT2D eigenvalue weighted by molar-refractivity contribution is 6.30. The second-order valence-electron chi connectivity index (χ2n) is 3.90. The van der Waals surface area contributed by atoms with Crippen molar-refractivity contribution in [3.63, 3.8) is 0 Å². The van der Waals surface area contributed by atoms with E-state index < -0.39 is 0 Å². The van der Waals surface area contributed by atoms with Crippen LogP contribution in [0.3, 0.4) is 0 Å². The average molecular weight is 243 g/mol. The number of halogens is 1. The highest BCUT2D eigenvalue weighted by Crippen LogP contribution is 2.22. The first-order valence-corrected chi connectivity index (χ1v) is 5.80. The minimum atomic E-state index is 0.230. The van der Waals surface area contributed by atoms with Crippen molar-refractivity contribution in [3.05, 3.63) is 28.8 Å². The highest BCUT2D eigenvalue weighted by Gasteiger charge is 2.03. The lowest BCUT2D eigenvalue weighted by molar-refractivity contribution is 0.407. The molecule has 3 nitrogen and oxygen atoms in total. The predicted octanol–water partition coefficient (Wildman–Crippen LogP) is 2.18. The minimum absolute atomic E-state index is 0.230. The topological polar surface area (TPSA) is 47.3 Å². The Labute approximate surface area is 102 Å². The normalized spacial score (nSPS) is 12.5. The van der Waals surface area contributed by atoms with Gasteiger partial charge in [0.25, 0.3) is 0 Å². The first kappa shape index (κ1) is 13.3. The van der Waals surface area contributed by atoms with Crippen molar-refractivity contribution in [3.8, 4) is 5.75 Å². The second-order valence-corrected chi connectivity index (χ2v) is 4.34. The maximum atomic E-state index is 5.93. The minimum Gasteiger partial charge on any atom is -0.496 e. The number of nitrogens with two attached hydrogens (primary N) is 1. The molecule has 0 aliphatic heterocycles. The maximum Gasteiger partial charge on any atom is 0.123 e. The van der Waals surface area contributed by atoms with Gasteiger partial charge in [0.15, 0.2) is 0 Å². The van der Waals surface area contributed by atoms with E-state index in [0.29, 0.717) is 0 Å². The smallest absolute Gasteiger partial charge is 0.123 e. The number of nitrogens with one attached hydrogen (secondary N) is 1. The summed E-state index contributed by atoms with van der Waals surface area (Å²) in [6.45, 7) is 3.64. The van der Waals surface area contributed by atoms with Gasteiger partial charge in [-0.2, -0.15) is 0 Å². The molecule has 0 aromatic heterocycles. The van der Waals surface area contributed by atoms with Crippen LogP contribution < -0.4 is 15.8 Å². The molecule has 90 valence electrons. The van der Waals surface area contributed by atoms with Crippen LogP contribution in [0, 0.1) is 0 Å². The van der Waals surface area contributed by atoms with E-state index in [-0.39, 0.29) is 6.04 Å². The molecule has 0 fully saturated rings. The van der Waals surface area contributed by atoms with Crippen molar-refractivity contribution in [2.24, 2.45) is 5.73 Å². The Kier molecular flexibility index (Phi) is 5.60. The van der Waals surface area contributed by atoms with Gasteiger partial charge in [-0.05, 0) is 38.1 Å². The average Bonchev–Trinajstić information content (AvgIpc) is 2.24. The zero-order valence-corrected chi connectivity index (χ0v) is 10.6. The van der Waals surface area contributed by atoms with Crippen molar-refractivity contribution < 1.29 is 4.74 Å². The van der Waals surface area contributed by atoms with E-state index in [0.717, 1.165) is 35.8 Å². The predicted molar refractivity (Wildman–Crippen MR) is 68.0 cm³/mol. The van der Waals surface area contributed by atoms with Crippen LogP contribution in [0.15, 0.2) is 18.2 Å². The summed E-state index contributed by atoms with van der Waals surface area (Å²) in [5.74, 6) is 0.859. The molecule has 0 amide bonds. The lowest BCUT2D eigenvalue weighted by Crippen LogP contribution is -2.23. The van der Waals surface area contributed by atoms with Gasteiger partial charge in [0.05, 0.1) is 7.11 Å². The van der Waals surface area contributed by atoms with Crippen molar-refractivity contribution in [2.75, 3.05) is 13.7 Å². The van der Waals surface area contributed by atoms with E-state index in [1.807, 2.05) is 25.1 Å². The number of rotatable bonds is 6. The molecular formula is C12H19ClN2O. The summed E-state index contributed by atoms with van der Waals surface area (Å²) in [7, 11) is 1.66. The fourth-order valence-corrected chi connectivity index (χ4v) is 1.63. The van der Waals surface area contributed by atoms with Crippen LogP contribution in [0.1, 0.15) is 18.9 Å². The first-order chi connectivity index (χ1) is 7.63. The molecule has 0 heterocycles. The van der Waals surface area contributed by atoms with Crippen LogP contribution in [-0.2, 0) is 6.54 Å². The molecule has 1 unspecified atom stereocenters. The summed E-state index contributed by atoms with van der Waals surface area (Å²) in [6.07, 6.45) is 0.961. The molecule has 4 heteroatoms. The summed E-state index contributed by atoms with van der Waals surface area (Å²) in [6, 6.07) is 5.85. The van der Waals surface area contributed by atoms with Gasteiger partial charge in [0.1, 0.15) is 5.75 Å². The molecule has 1 aromatic carbocycles. The third-order valence-corrected chi connectivity index (χ3v) is 2.57. The van der Waals surface area contributed by atoms with Gasteiger partial charge in [-0.3, -0.25) is 0 Å². The second kappa shape index (κ2) is 6.74. The van der Waals surface area contributed by atoms with Gasteiger partial charge in [-0.15, -0.1) is 0 Å². The Morgan fingerprint density at radius 1 is 1.50 bits per heavy atom. The molecule has 0 saturated carbocycles. The number of ether oxygens (including phenoxy) is 1. The number of hydrogen-bond donors (Lipinski definition) is 2. The van der Waals surface area contributed by atoms with Crippen molar-refractivity contribution >= 4 is 11.6 Å². The Bertz CT molecular complexity index is 329. The van der Waals surface area contributed by atoms with Gasteiger partial charge in [0.2, 0.25) is 0 Å². The Morgan fingerprint density at radius 2 is 2.25 bits per heavy atom. The molecule has 16 heavy (non-hydrogen) atoms. The third-order valence-electron chi connectivity index (χ3n) is 2.33. The lowest BCUT2D eigenvalue weighted by Gasteiger charge is -2.11. The maximum absolute atomic E-state index is 5.93.